The topological polar surface area (TPSA) is 64.6 Å². The van der Waals surface area contributed by atoms with Gasteiger partial charge in [0.25, 0.3) is 0 Å². The normalized spacial score (nSPS) is 21.6. The zero-order chi connectivity index (χ0) is 19.3. The molecular formula is C20H32IN3O4. The first kappa shape index (κ1) is 22.9. The average molecular weight is 505 g/mol. The van der Waals surface area contributed by atoms with E-state index in [4.69, 9.17) is 18.9 Å². The van der Waals surface area contributed by atoms with Gasteiger partial charge in [-0.1, -0.05) is 6.07 Å². The summed E-state index contributed by atoms with van der Waals surface area (Å²) in [5, 5.41) is 3.49. The van der Waals surface area contributed by atoms with Crippen molar-refractivity contribution in [3.05, 3.63) is 17.7 Å². The highest BCUT2D eigenvalue weighted by molar-refractivity contribution is 14.0. The van der Waals surface area contributed by atoms with Crippen LogP contribution in [0.3, 0.4) is 0 Å². The molecule has 28 heavy (non-hydrogen) atoms. The molecule has 1 aromatic rings. The first-order chi connectivity index (χ1) is 13.2. The second kappa shape index (κ2) is 10.4. The number of benzene rings is 1. The summed E-state index contributed by atoms with van der Waals surface area (Å²) in [6.07, 6.45) is 3.13. The summed E-state index contributed by atoms with van der Waals surface area (Å²) < 4.78 is 22.0. The summed E-state index contributed by atoms with van der Waals surface area (Å²) in [4.78, 5) is 6.82. The third kappa shape index (κ3) is 4.76. The molecule has 2 fully saturated rings. The van der Waals surface area contributed by atoms with Gasteiger partial charge < -0.3 is 29.2 Å². The predicted octanol–water partition coefficient (Wildman–Crippen LogP) is 2.56. The zero-order valence-corrected chi connectivity index (χ0v) is 19.6. The first-order valence-corrected chi connectivity index (χ1v) is 9.47. The van der Waals surface area contributed by atoms with E-state index in [1.165, 1.54) is 6.42 Å². The molecule has 1 N–H and O–H groups in total. The molecule has 1 atom stereocenters. The van der Waals surface area contributed by atoms with Crippen LogP contribution < -0.4 is 19.5 Å². The molecule has 1 unspecified atom stereocenters. The molecule has 0 saturated carbocycles. The van der Waals surface area contributed by atoms with Crippen LogP contribution in [-0.2, 0) is 11.2 Å². The van der Waals surface area contributed by atoms with E-state index in [2.05, 4.69) is 15.2 Å². The molecule has 2 aliphatic heterocycles. The average Bonchev–Trinajstić information content (AvgIpc) is 3.34. The van der Waals surface area contributed by atoms with Crippen LogP contribution in [0.5, 0.6) is 17.2 Å². The minimum atomic E-state index is 0. The highest BCUT2D eigenvalue weighted by Crippen LogP contribution is 2.40. The van der Waals surface area contributed by atoms with E-state index in [1.807, 2.05) is 19.2 Å². The number of halogens is 1. The lowest BCUT2D eigenvalue weighted by atomic mass is 9.87. The Labute approximate surface area is 184 Å². The Hall–Kier alpha value is -1.42. The number of nitrogens with one attached hydrogen (secondary N) is 1. The van der Waals surface area contributed by atoms with Gasteiger partial charge in [-0.25, -0.2) is 0 Å². The molecule has 0 amide bonds. The van der Waals surface area contributed by atoms with Crippen LogP contribution in [0.1, 0.15) is 18.4 Å². The molecule has 2 aliphatic rings. The van der Waals surface area contributed by atoms with Crippen molar-refractivity contribution in [1.29, 1.82) is 0 Å². The van der Waals surface area contributed by atoms with Crippen LogP contribution in [0, 0.1) is 5.41 Å². The van der Waals surface area contributed by atoms with Gasteiger partial charge in [0.2, 0.25) is 5.75 Å². The minimum absolute atomic E-state index is 0. The van der Waals surface area contributed by atoms with Crippen molar-refractivity contribution >= 4 is 29.9 Å². The number of rotatable bonds is 6. The van der Waals surface area contributed by atoms with E-state index in [1.54, 1.807) is 21.3 Å². The fourth-order valence-electron chi connectivity index (χ4n) is 4.09. The monoisotopic (exact) mass is 505 g/mol. The predicted molar refractivity (Wildman–Crippen MR) is 121 cm³/mol. The number of ether oxygens (including phenoxy) is 4. The number of nitrogens with zero attached hydrogens (tertiary/aromatic N) is 2. The zero-order valence-electron chi connectivity index (χ0n) is 17.2. The standard InChI is InChI=1S/C20H31N3O4.HI/c1-21-19(23-11-8-20(13-23)9-12-27-14-20)22-10-7-15-5-6-16(24-2)18(26-4)17(15)25-3;/h5-6H,7-14H2,1-4H3,(H,21,22);1H. The van der Waals surface area contributed by atoms with E-state index in [0.717, 1.165) is 63.0 Å². The molecule has 0 aliphatic carbocycles. The van der Waals surface area contributed by atoms with Crippen LogP contribution in [0.4, 0.5) is 0 Å². The lowest BCUT2D eigenvalue weighted by Gasteiger charge is -2.25. The number of hydrogen-bond donors (Lipinski definition) is 1. The number of hydrogen-bond acceptors (Lipinski definition) is 5. The van der Waals surface area contributed by atoms with Crippen molar-refractivity contribution in [3.8, 4) is 17.2 Å². The van der Waals surface area contributed by atoms with Gasteiger partial charge in [-0.2, -0.15) is 0 Å². The number of methoxy groups -OCH3 is 3. The minimum Gasteiger partial charge on any atom is -0.493 e. The fourth-order valence-corrected chi connectivity index (χ4v) is 4.09. The Balaban J connectivity index is 0.00000280. The first-order valence-electron chi connectivity index (χ1n) is 9.47. The molecule has 2 heterocycles. The molecular weight excluding hydrogens is 473 g/mol. The van der Waals surface area contributed by atoms with Crippen molar-refractivity contribution < 1.29 is 18.9 Å². The van der Waals surface area contributed by atoms with Crippen molar-refractivity contribution in [2.24, 2.45) is 10.4 Å². The van der Waals surface area contributed by atoms with Crippen LogP contribution in [-0.4, -0.2) is 72.1 Å². The smallest absolute Gasteiger partial charge is 0.203 e. The Morgan fingerprint density at radius 3 is 2.57 bits per heavy atom. The van der Waals surface area contributed by atoms with E-state index >= 15 is 0 Å². The maximum atomic E-state index is 5.63. The summed E-state index contributed by atoms with van der Waals surface area (Å²) in [5.41, 5.74) is 1.39. The molecule has 0 bridgehead atoms. The van der Waals surface area contributed by atoms with Gasteiger partial charge in [-0.05, 0) is 25.3 Å². The van der Waals surface area contributed by atoms with Gasteiger partial charge in [0.05, 0.1) is 27.9 Å². The van der Waals surface area contributed by atoms with E-state index in [9.17, 15) is 0 Å². The van der Waals surface area contributed by atoms with Gasteiger partial charge in [0, 0.05) is 44.3 Å². The third-order valence-electron chi connectivity index (χ3n) is 5.60. The lowest BCUT2D eigenvalue weighted by molar-refractivity contribution is 0.156. The summed E-state index contributed by atoms with van der Waals surface area (Å²) >= 11 is 0. The lowest BCUT2D eigenvalue weighted by Crippen LogP contribution is -2.42. The largest absolute Gasteiger partial charge is 0.493 e. The Kier molecular flexibility index (Phi) is 8.48. The van der Waals surface area contributed by atoms with Crippen LogP contribution >= 0.6 is 24.0 Å². The van der Waals surface area contributed by atoms with Crippen LogP contribution in [0.2, 0.25) is 0 Å². The van der Waals surface area contributed by atoms with E-state index < -0.39 is 0 Å². The highest BCUT2D eigenvalue weighted by atomic mass is 127. The second-order valence-corrected chi connectivity index (χ2v) is 7.19. The summed E-state index contributed by atoms with van der Waals surface area (Å²) in [6, 6.07) is 3.93. The van der Waals surface area contributed by atoms with Gasteiger partial charge in [0.15, 0.2) is 17.5 Å². The molecule has 1 spiro atoms. The number of likely N-dealkylation sites (tertiary alicyclic amines) is 1. The Morgan fingerprint density at radius 2 is 1.96 bits per heavy atom. The summed E-state index contributed by atoms with van der Waals surface area (Å²) in [7, 11) is 6.75. The van der Waals surface area contributed by atoms with Crippen LogP contribution in [0.15, 0.2) is 17.1 Å². The fraction of sp³-hybridized carbons (Fsp3) is 0.650. The number of guanidine groups is 1. The van der Waals surface area contributed by atoms with Gasteiger partial charge in [-0.3, -0.25) is 4.99 Å². The Bertz CT molecular complexity index is 678. The molecule has 158 valence electrons. The SMILES string of the molecule is CN=C(NCCc1ccc(OC)c(OC)c1OC)N1CCC2(CCOC2)C1.I. The van der Waals surface area contributed by atoms with Gasteiger partial charge in [0.1, 0.15) is 0 Å². The van der Waals surface area contributed by atoms with Gasteiger partial charge >= 0.3 is 0 Å². The molecule has 2 saturated heterocycles. The summed E-state index contributed by atoms with van der Waals surface area (Å²) in [6.45, 7) is 4.58. The third-order valence-corrected chi connectivity index (χ3v) is 5.60. The molecule has 1 aromatic carbocycles. The van der Waals surface area contributed by atoms with Crippen LogP contribution in [0.25, 0.3) is 0 Å². The quantitative estimate of drug-likeness (QED) is 0.365. The molecule has 0 radical (unpaired) electrons. The van der Waals surface area contributed by atoms with Crippen molar-refractivity contribution in [2.45, 2.75) is 19.3 Å². The molecule has 0 aromatic heterocycles. The molecule has 8 heteroatoms. The number of aliphatic imine (C=N–C) groups is 1. The maximum absolute atomic E-state index is 5.63. The van der Waals surface area contributed by atoms with Crippen molar-refractivity contribution in [2.75, 3.05) is 61.2 Å². The highest BCUT2D eigenvalue weighted by Gasteiger charge is 2.42. The molecule has 7 nitrogen and oxygen atoms in total. The summed E-state index contributed by atoms with van der Waals surface area (Å²) in [5.74, 6) is 2.97. The maximum Gasteiger partial charge on any atom is 0.203 e. The van der Waals surface area contributed by atoms with E-state index in [-0.39, 0.29) is 24.0 Å². The molecule has 3 rings (SSSR count). The van der Waals surface area contributed by atoms with E-state index in [0.29, 0.717) is 16.9 Å². The Morgan fingerprint density at radius 1 is 1.18 bits per heavy atom. The van der Waals surface area contributed by atoms with Crippen molar-refractivity contribution in [3.63, 3.8) is 0 Å². The van der Waals surface area contributed by atoms with Crippen molar-refractivity contribution in [1.82, 2.24) is 10.2 Å². The van der Waals surface area contributed by atoms with Gasteiger partial charge in [-0.15, -0.1) is 24.0 Å². The second-order valence-electron chi connectivity index (χ2n) is 7.19.